The van der Waals surface area contributed by atoms with Gasteiger partial charge in [0.15, 0.2) is 5.76 Å². The van der Waals surface area contributed by atoms with Crippen molar-refractivity contribution >= 4 is 60.1 Å². The van der Waals surface area contributed by atoms with Crippen LogP contribution < -0.4 is 5.32 Å². The maximum atomic E-state index is 12.3. The maximum absolute atomic E-state index is 12.3. The highest BCUT2D eigenvalue weighted by molar-refractivity contribution is 9.10. The van der Waals surface area contributed by atoms with Crippen LogP contribution in [0, 0.1) is 10.1 Å². The quantitative estimate of drug-likeness (QED) is 0.453. The molecule has 0 unspecified atom stereocenters. The lowest BCUT2D eigenvalue weighted by Crippen LogP contribution is -2.11. The van der Waals surface area contributed by atoms with Crippen LogP contribution in [0.5, 0.6) is 0 Å². The SMILES string of the molecule is O=C(Nc1ccc([N+](=O)[O-])cc1Br)c1cc2cc(Br)ccc2o1. The number of hydrogen-bond acceptors (Lipinski definition) is 4. The summed E-state index contributed by atoms with van der Waals surface area (Å²) in [4.78, 5) is 22.5. The van der Waals surface area contributed by atoms with E-state index in [1.165, 1.54) is 18.2 Å². The molecule has 116 valence electrons. The van der Waals surface area contributed by atoms with Crippen molar-refractivity contribution in [2.45, 2.75) is 0 Å². The molecule has 1 N–H and O–H groups in total. The van der Waals surface area contributed by atoms with Gasteiger partial charge in [0.1, 0.15) is 5.58 Å². The molecule has 8 heteroatoms. The van der Waals surface area contributed by atoms with Crippen molar-refractivity contribution in [2.24, 2.45) is 0 Å². The number of furan rings is 1. The molecular formula is C15H8Br2N2O4. The molecule has 0 atom stereocenters. The second-order valence-electron chi connectivity index (χ2n) is 4.67. The van der Waals surface area contributed by atoms with Gasteiger partial charge in [-0.1, -0.05) is 15.9 Å². The summed E-state index contributed by atoms with van der Waals surface area (Å²) in [6, 6.07) is 11.2. The van der Waals surface area contributed by atoms with E-state index in [-0.39, 0.29) is 11.4 Å². The number of nitrogens with zero attached hydrogens (tertiary/aromatic N) is 1. The van der Waals surface area contributed by atoms with Gasteiger partial charge in [-0.05, 0) is 46.3 Å². The molecule has 1 aromatic heterocycles. The predicted molar refractivity (Wildman–Crippen MR) is 92.7 cm³/mol. The minimum absolute atomic E-state index is 0.0662. The van der Waals surface area contributed by atoms with Gasteiger partial charge in [-0.15, -0.1) is 0 Å². The van der Waals surface area contributed by atoms with Crippen LogP contribution in [0.25, 0.3) is 11.0 Å². The number of nitro groups is 1. The van der Waals surface area contributed by atoms with Crippen molar-refractivity contribution in [3.05, 3.63) is 67.3 Å². The number of non-ortho nitro benzene ring substituents is 1. The molecule has 0 saturated heterocycles. The summed E-state index contributed by atoms with van der Waals surface area (Å²) in [5.41, 5.74) is 0.951. The summed E-state index contributed by atoms with van der Waals surface area (Å²) in [6.45, 7) is 0. The molecule has 0 aliphatic carbocycles. The van der Waals surface area contributed by atoms with E-state index in [1.54, 1.807) is 12.1 Å². The van der Waals surface area contributed by atoms with Gasteiger partial charge in [0, 0.05) is 26.5 Å². The number of nitrogens with one attached hydrogen (secondary N) is 1. The van der Waals surface area contributed by atoms with Crippen LogP contribution in [0.4, 0.5) is 11.4 Å². The molecule has 6 nitrogen and oxygen atoms in total. The normalized spacial score (nSPS) is 10.7. The Bertz CT molecular complexity index is 936. The van der Waals surface area contributed by atoms with E-state index < -0.39 is 10.8 Å². The summed E-state index contributed by atoms with van der Waals surface area (Å²) in [5, 5.41) is 14.2. The molecule has 2 aromatic carbocycles. The summed E-state index contributed by atoms with van der Waals surface area (Å²) < 4.78 is 6.80. The topological polar surface area (TPSA) is 85.4 Å². The molecule has 1 amide bonds. The molecule has 23 heavy (non-hydrogen) atoms. The van der Waals surface area contributed by atoms with Gasteiger partial charge in [-0.25, -0.2) is 0 Å². The van der Waals surface area contributed by atoms with E-state index in [9.17, 15) is 14.9 Å². The largest absolute Gasteiger partial charge is 0.451 e. The Balaban J connectivity index is 1.87. The van der Waals surface area contributed by atoms with Crippen LogP contribution in [0.15, 0.2) is 55.8 Å². The molecule has 3 aromatic rings. The molecule has 0 radical (unpaired) electrons. The van der Waals surface area contributed by atoms with Gasteiger partial charge in [0.25, 0.3) is 11.6 Å². The Kier molecular flexibility index (Phi) is 4.18. The van der Waals surface area contributed by atoms with Gasteiger partial charge < -0.3 is 9.73 Å². The first-order valence-corrected chi connectivity index (χ1v) is 7.97. The average molecular weight is 440 g/mol. The molecule has 0 saturated carbocycles. The smallest absolute Gasteiger partial charge is 0.291 e. The van der Waals surface area contributed by atoms with E-state index in [4.69, 9.17) is 4.42 Å². The molecule has 0 aliphatic rings. The Morgan fingerprint density at radius 3 is 2.61 bits per heavy atom. The van der Waals surface area contributed by atoms with E-state index in [0.717, 1.165) is 9.86 Å². The highest BCUT2D eigenvalue weighted by atomic mass is 79.9. The van der Waals surface area contributed by atoms with Crippen LogP contribution in [0.2, 0.25) is 0 Å². The lowest BCUT2D eigenvalue weighted by Gasteiger charge is -2.05. The number of benzene rings is 2. The van der Waals surface area contributed by atoms with Crippen LogP contribution in [0.1, 0.15) is 10.6 Å². The Labute approximate surface area is 146 Å². The van der Waals surface area contributed by atoms with Crippen molar-refractivity contribution in [3.8, 4) is 0 Å². The number of nitro benzene ring substituents is 1. The zero-order valence-electron chi connectivity index (χ0n) is 11.4. The summed E-state index contributed by atoms with van der Waals surface area (Å²) in [5.74, 6) is -0.282. The number of amides is 1. The fourth-order valence-corrected chi connectivity index (χ4v) is 2.87. The van der Waals surface area contributed by atoms with Crippen LogP contribution in [-0.2, 0) is 0 Å². The van der Waals surface area contributed by atoms with E-state index in [1.807, 2.05) is 12.1 Å². The third kappa shape index (κ3) is 3.27. The first-order chi connectivity index (χ1) is 10.9. The minimum Gasteiger partial charge on any atom is -0.451 e. The standard InChI is InChI=1S/C15H8Br2N2O4/c16-9-1-4-13-8(5-9)6-14(23-13)15(20)18-12-3-2-10(19(21)22)7-11(12)17/h1-7H,(H,18,20). The second kappa shape index (κ2) is 6.13. The summed E-state index contributed by atoms with van der Waals surface area (Å²) >= 11 is 6.56. The first-order valence-electron chi connectivity index (χ1n) is 6.38. The van der Waals surface area contributed by atoms with E-state index in [0.29, 0.717) is 15.7 Å². The number of hydrogen-bond donors (Lipinski definition) is 1. The van der Waals surface area contributed by atoms with Crippen molar-refractivity contribution in [1.29, 1.82) is 0 Å². The maximum Gasteiger partial charge on any atom is 0.291 e. The number of rotatable bonds is 3. The zero-order valence-corrected chi connectivity index (χ0v) is 14.5. The van der Waals surface area contributed by atoms with Gasteiger partial charge in [-0.2, -0.15) is 0 Å². The number of anilines is 1. The summed E-state index contributed by atoms with van der Waals surface area (Å²) in [7, 11) is 0. The van der Waals surface area contributed by atoms with Crippen molar-refractivity contribution in [1.82, 2.24) is 0 Å². The van der Waals surface area contributed by atoms with E-state index >= 15 is 0 Å². The van der Waals surface area contributed by atoms with E-state index in [2.05, 4.69) is 37.2 Å². The van der Waals surface area contributed by atoms with Crippen LogP contribution in [0.3, 0.4) is 0 Å². The molecular weight excluding hydrogens is 432 g/mol. The third-order valence-corrected chi connectivity index (χ3v) is 4.26. The predicted octanol–water partition coefficient (Wildman–Crippen LogP) is 5.12. The minimum atomic E-state index is -0.506. The monoisotopic (exact) mass is 438 g/mol. The van der Waals surface area contributed by atoms with Crippen molar-refractivity contribution < 1.29 is 14.1 Å². The van der Waals surface area contributed by atoms with Gasteiger partial charge in [-0.3, -0.25) is 14.9 Å². The highest BCUT2D eigenvalue weighted by Crippen LogP contribution is 2.28. The summed E-state index contributed by atoms with van der Waals surface area (Å²) in [6.07, 6.45) is 0. The number of fused-ring (bicyclic) bond motifs is 1. The molecule has 0 spiro atoms. The van der Waals surface area contributed by atoms with Crippen molar-refractivity contribution in [2.75, 3.05) is 5.32 Å². The molecule has 3 rings (SSSR count). The fourth-order valence-electron chi connectivity index (χ4n) is 2.03. The molecule has 0 fully saturated rings. The first kappa shape index (κ1) is 15.7. The number of carbonyl (C=O) groups is 1. The highest BCUT2D eigenvalue weighted by Gasteiger charge is 2.15. The Morgan fingerprint density at radius 1 is 1.13 bits per heavy atom. The van der Waals surface area contributed by atoms with Gasteiger partial charge in [0.2, 0.25) is 0 Å². The van der Waals surface area contributed by atoms with Gasteiger partial charge >= 0.3 is 0 Å². The zero-order chi connectivity index (χ0) is 16.6. The number of carbonyl (C=O) groups excluding carboxylic acids is 1. The Hall–Kier alpha value is -2.19. The van der Waals surface area contributed by atoms with Crippen LogP contribution >= 0.6 is 31.9 Å². The fraction of sp³-hybridized carbons (Fsp3) is 0. The number of halogens is 2. The van der Waals surface area contributed by atoms with Crippen molar-refractivity contribution in [3.63, 3.8) is 0 Å². The second-order valence-corrected chi connectivity index (χ2v) is 6.44. The lowest BCUT2D eigenvalue weighted by molar-refractivity contribution is -0.384. The average Bonchev–Trinajstić information content (AvgIpc) is 2.92. The lowest BCUT2D eigenvalue weighted by atomic mass is 10.2. The Morgan fingerprint density at radius 2 is 1.91 bits per heavy atom. The molecule has 0 bridgehead atoms. The molecule has 1 heterocycles. The third-order valence-electron chi connectivity index (χ3n) is 3.11. The van der Waals surface area contributed by atoms with Gasteiger partial charge in [0.05, 0.1) is 10.6 Å². The molecule has 0 aliphatic heterocycles. The van der Waals surface area contributed by atoms with Crippen LogP contribution in [-0.4, -0.2) is 10.8 Å².